The predicted octanol–water partition coefficient (Wildman–Crippen LogP) is 0.720. The lowest BCUT2D eigenvalue weighted by Crippen LogP contribution is -2.34. The number of fused-ring (bicyclic) bond motifs is 1. The fourth-order valence-electron chi connectivity index (χ4n) is 3.69. The summed E-state index contributed by atoms with van der Waals surface area (Å²) in [6, 6.07) is 0. The van der Waals surface area contributed by atoms with Crippen LogP contribution in [0.1, 0.15) is 18.7 Å². The van der Waals surface area contributed by atoms with Crippen LogP contribution in [-0.4, -0.2) is 51.4 Å². The first-order valence-corrected chi connectivity index (χ1v) is 7.68. The lowest BCUT2D eigenvalue weighted by Gasteiger charge is -2.21. The highest BCUT2D eigenvalue weighted by Crippen LogP contribution is 2.36. The Kier molecular flexibility index (Phi) is 2.84. The predicted molar refractivity (Wildman–Crippen MR) is 74.8 cm³/mol. The minimum absolute atomic E-state index is 0.244. The lowest BCUT2D eigenvalue weighted by molar-refractivity contribution is -0.131. The molecule has 108 valence electrons. The Bertz CT molecular complexity index is 522. The molecule has 3 heterocycles. The highest BCUT2D eigenvalue weighted by Gasteiger charge is 2.47. The van der Waals surface area contributed by atoms with Gasteiger partial charge in [0.1, 0.15) is 5.82 Å². The zero-order valence-corrected chi connectivity index (χ0v) is 12.0. The summed E-state index contributed by atoms with van der Waals surface area (Å²) in [5, 5.41) is 0. The summed E-state index contributed by atoms with van der Waals surface area (Å²) in [6.07, 6.45) is 6.47. The van der Waals surface area contributed by atoms with Crippen molar-refractivity contribution in [2.45, 2.75) is 19.4 Å². The number of aromatic nitrogens is 2. The Hall–Kier alpha value is -1.36. The molecule has 3 aliphatic rings. The van der Waals surface area contributed by atoms with Crippen LogP contribution in [0.25, 0.3) is 0 Å². The molecular weight excluding hydrogens is 252 g/mol. The maximum Gasteiger partial charge on any atom is 0.227 e. The fourth-order valence-corrected chi connectivity index (χ4v) is 3.69. The van der Waals surface area contributed by atoms with Crippen molar-refractivity contribution >= 4 is 5.91 Å². The van der Waals surface area contributed by atoms with Crippen molar-refractivity contribution in [2.75, 3.05) is 26.2 Å². The van der Waals surface area contributed by atoms with Gasteiger partial charge in [0.15, 0.2) is 0 Å². The van der Waals surface area contributed by atoms with Crippen LogP contribution in [0.15, 0.2) is 12.4 Å². The Morgan fingerprint density at radius 3 is 2.80 bits per heavy atom. The van der Waals surface area contributed by atoms with Gasteiger partial charge in [0.25, 0.3) is 0 Å². The van der Waals surface area contributed by atoms with Crippen LogP contribution in [-0.2, 0) is 18.4 Å². The fraction of sp³-hybridized carbons (Fsp3) is 0.733. The number of carbonyl (C=O) groups is 1. The van der Waals surface area contributed by atoms with Crippen molar-refractivity contribution < 1.29 is 4.79 Å². The zero-order chi connectivity index (χ0) is 13.7. The van der Waals surface area contributed by atoms with Crippen LogP contribution in [0.2, 0.25) is 0 Å². The molecule has 1 aliphatic carbocycles. The van der Waals surface area contributed by atoms with Crippen molar-refractivity contribution in [1.82, 2.24) is 19.4 Å². The van der Waals surface area contributed by atoms with Crippen molar-refractivity contribution in [1.29, 1.82) is 0 Å². The third kappa shape index (κ3) is 2.14. The highest BCUT2D eigenvalue weighted by atomic mass is 16.2. The molecule has 0 aromatic carbocycles. The first-order chi connectivity index (χ1) is 9.70. The van der Waals surface area contributed by atoms with Crippen LogP contribution in [0.4, 0.5) is 0 Å². The molecule has 5 heteroatoms. The molecule has 2 atom stereocenters. The number of imidazole rings is 1. The van der Waals surface area contributed by atoms with Crippen LogP contribution in [0, 0.1) is 17.8 Å². The maximum atomic E-state index is 12.4. The summed E-state index contributed by atoms with van der Waals surface area (Å²) in [6.45, 7) is 4.83. The zero-order valence-electron chi connectivity index (χ0n) is 12.0. The van der Waals surface area contributed by atoms with E-state index in [4.69, 9.17) is 0 Å². The van der Waals surface area contributed by atoms with Gasteiger partial charge in [-0.2, -0.15) is 0 Å². The smallest absolute Gasteiger partial charge is 0.227 e. The summed E-state index contributed by atoms with van der Waals surface area (Å²) in [5.74, 6) is 3.09. The third-order valence-corrected chi connectivity index (χ3v) is 5.06. The average molecular weight is 274 g/mol. The molecule has 1 amide bonds. The van der Waals surface area contributed by atoms with E-state index in [1.165, 1.54) is 12.8 Å². The van der Waals surface area contributed by atoms with Crippen molar-refractivity contribution in [3.8, 4) is 0 Å². The molecule has 1 aromatic heterocycles. The van der Waals surface area contributed by atoms with E-state index in [9.17, 15) is 4.79 Å². The molecule has 0 unspecified atom stereocenters. The Morgan fingerprint density at radius 1 is 1.30 bits per heavy atom. The normalized spacial score (nSPS) is 30.2. The van der Waals surface area contributed by atoms with Gasteiger partial charge in [-0.05, 0) is 18.8 Å². The molecule has 3 fully saturated rings. The van der Waals surface area contributed by atoms with Crippen LogP contribution in [0.5, 0.6) is 0 Å². The van der Waals surface area contributed by atoms with Gasteiger partial charge >= 0.3 is 0 Å². The molecule has 2 saturated heterocycles. The molecule has 0 spiro atoms. The SMILES string of the molecule is Cn1ccnc1CN1C[C@H]2CN(CC3CC3)C(=O)[C@H]2C1. The maximum absolute atomic E-state index is 12.4. The van der Waals surface area contributed by atoms with E-state index in [0.717, 1.165) is 44.5 Å². The summed E-state index contributed by atoms with van der Waals surface area (Å²) in [4.78, 5) is 21.3. The minimum Gasteiger partial charge on any atom is -0.342 e. The van der Waals surface area contributed by atoms with Crippen LogP contribution >= 0.6 is 0 Å². The number of aryl methyl sites for hydroxylation is 1. The van der Waals surface area contributed by atoms with Gasteiger partial charge in [-0.15, -0.1) is 0 Å². The van der Waals surface area contributed by atoms with Gasteiger partial charge in [-0.3, -0.25) is 9.69 Å². The quantitative estimate of drug-likeness (QED) is 0.812. The molecule has 1 saturated carbocycles. The van der Waals surface area contributed by atoms with E-state index in [-0.39, 0.29) is 5.92 Å². The first-order valence-electron chi connectivity index (χ1n) is 7.68. The Labute approximate surface area is 119 Å². The number of hydrogen-bond donors (Lipinski definition) is 0. The second-order valence-electron chi connectivity index (χ2n) is 6.70. The molecule has 0 radical (unpaired) electrons. The second-order valence-corrected chi connectivity index (χ2v) is 6.70. The summed E-state index contributed by atoms with van der Waals surface area (Å²) >= 11 is 0. The number of nitrogens with zero attached hydrogens (tertiary/aromatic N) is 4. The van der Waals surface area contributed by atoms with Crippen LogP contribution < -0.4 is 0 Å². The van der Waals surface area contributed by atoms with Gasteiger partial charge in [-0.1, -0.05) is 0 Å². The standard InChI is InChI=1S/C15H22N4O/c1-17-5-4-16-14(17)10-18-7-12-8-19(6-11-2-3-11)15(20)13(12)9-18/h4-5,11-13H,2-3,6-10H2,1H3/t12-,13-/m0/s1. The topological polar surface area (TPSA) is 41.4 Å². The van der Waals surface area contributed by atoms with Gasteiger partial charge < -0.3 is 9.47 Å². The third-order valence-electron chi connectivity index (χ3n) is 5.06. The molecule has 0 N–H and O–H groups in total. The van der Waals surface area contributed by atoms with Gasteiger partial charge in [0, 0.05) is 51.5 Å². The van der Waals surface area contributed by atoms with E-state index >= 15 is 0 Å². The van der Waals surface area contributed by atoms with Gasteiger partial charge in [-0.25, -0.2) is 4.98 Å². The molecule has 1 aromatic rings. The Morgan fingerprint density at radius 2 is 2.15 bits per heavy atom. The Balaban J connectivity index is 1.38. The number of rotatable bonds is 4. The average Bonchev–Trinajstić information content (AvgIpc) is 2.91. The van der Waals surface area contributed by atoms with Crippen molar-refractivity contribution in [3.05, 3.63) is 18.2 Å². The number of amides is 1. The minimum atomic E-state index is 0.244. The summed E-state index contributed by atoms with van der Waals surface area (Å²) in [5.41, 5.74) is 0. The number of carbonyl (C=O) groups excluding carboxylic acids is 1. The molecular formula is C15H22N4O. The van der Waals surface area contributed by atoms with E-state index in [1.54, 1.807) is 0 Å². The lowest BCUT2D eigenvalue weighted by atomic mass is 10.0. The summed E-state index contributed by atoms with van der Waals surface area (Å²) < 4.78 is 2.06. The second kappa shape index (κ2) is 4.58. The summed E-state index contributed by atoms with van der Waals surface area (Å²) in [7, 11) is 2.03. The number of hydrogen-bond acceptors (Lipinski definition) is 3. The monoisotopic (exact) mass is 274 g/mol. The van der Waals surface area contributed by atoms with Crippen LogP contribution in [0.3, 0.4) is 0 Å². The van der Waals surface area contributed by atoms with E-state index in [1.807, 2.05) is 19.4 Å². The van der Waals surface area contributed by atoms with Crippen molar-refractivity contribution in [3.63, 3.8) is 0 Å². The number of likely N-dealkylation sites (tertiary alicyclic amines) is 2. The largest absolute Gasteiger partial charge is 0.342 e. The molecule has 2 aliphatic heterocycles. The highest BCUT2D eigenvalue weighted by molar-refractivity contribution is 5.82. The first kappa shape index (κ1) is 12.4. The van der Waals surface area contributed by atoms with Gasteiger partial charge in [0.2, 0.25) is 5.91 Å². The van der Waals surface area contributed by atoms with Gasteiger partial charge in [0.05, 0.1) is 12.5 Å². The van der Waals surface area contributed by atoms with Crippen molar-refractivity contribution in [2.24, 2.45) is 24.8 Å². The van der Waals surface area contributed by atoms with E-state index in [0.29, 0.717) is 11.8 Å². The van der Waals surface area contributed by atoms with E-state index < -0.39 is 0 Å². The molecule has 0 bridgehead atoms. The van der Waals surface area contributed by atoms with E-state index in [2.05, 4.69) is 19.4 Å². The molecule has 20 heavy (non-hydrogen) atoms. The molecule has 4 rings (SSSR count). The molecule has 5 nitrogen and oxygen atoms in total.